The maximum absolute atomic E-state index is 10.5. The van der Waals surface area contributed by atoms with Crippen molar-refractivity contribution in [2.45, 2.75) is 55.4 Å². The number of rotatable bonds is 16. The number of nitrogens with zero attached hydrogens (tertiary/aromatic N) is 8. The first-order valence-corrected chi connectivity index (χ1v) is 28.5. The maximum atomic E-state index is 10.5. The van der Waals surface area contributed by atoms with Crippen molar-refractivity contribution in [3.63, 3.8) is 0 Å². The number of carboxylic acid groups (broad SMARTS) is 4. The van der Waals surface area contributed by atoms with Crippen LogP contribution in [0, 0.1) is 45.3 Å². The molecule has 0 spiro atoms. The van der Waals surface area contributed by atoms with Gasteiger partial charge >= 0.3 is 39.0 Å². The Balaban J connectivity index is 0. The molecule has 0 amide bonds. The third-order valence-corrected chi connectivity index (χ3v) is 12.5. The molecular formula is C72H76N8O8Rh2. The molecule has 0 heterocycles. The molecule has 18 heteroatoms. The number of anilines is 4. The fourth-order valence-electron chi connectivity index (χ4n) is 7.64. The average Bonchev–Trinajstić information content (AvgIpc) is 3.30. The second-order valence-corrected chi connectivity index (χ2v) is 17.9. The Morgan fingerprint density at radius 2 is 0.400 bits per heavy atom. The minimum Gasteiger partial charge on any atom is -0.545 e. The molecule has 8 aromatic carbocycles. The van der Waals surface area contributed by atoms with E-state index in [0.29, 0.717) is 22.3 Å². The third kappa shape index (κ3) is 33.2. The fraction of sp³-hybridized carbons (Fsp3) is 0.222. The summed E-state index contributed by atoms with van der Waals surface area (Å²) in [6.07, 6.45) is 0. The molecule has 0 N–H and O–H groups in total. The van der Waals surface area contributed by atoms with Gasteiger partial charge in [-0.1, -0.05) is 121 Å². The first-order valence-electron chi connectivity index (χ1n) is 28.5. The summed E-state index contributed by atoms with van der Waals surface area (Å²) in [5, 5.41) is 75.1. The van der Waals surface area contributed by atoms with Crippen LogP contribution in [0.15, 0.2) is 218 Å². The van der Waals surface area contributed by atoms with Crippen molar-refractivity contribution in [3.8, 4) is 24.3 Å². The molecule has 8 rings (SSSR count). The number of aromatic carboxylic acids is 4. The SMILES string of the molecule is CCN(CC)c1ccc(C(=O)[O-])cc1.CCN(CC)c1ccc(C(=O)[O-])cc1.CCN(CC)c1ccc(C(=O)[O-])cc1.CCN(CC)c1ccc(C(=O)[O-])cc1.N#Cc1ccccc1.N#Cc1ccccc1.N#Cc1ccccc1.N#Cc1ccccc1.[Rh+2].[Rh+2]. The number of hydrogen-bond donors (Lipinski definition) is 0. The maximum Gasteiger partial charge on any atom is 2.00 e. The molecule has 470 valence electrons. The summed E-state index contributed by atoms with van der Waals surface area (Å²) in [4.78, 5) is 50.6. The third-order valence-electron chi connectivity index (χ3n) is 12.5. The zero-order chi connectivity index (χ0) is 65.5. The Labute approximate surface area is 557 Å². The van der Waals surface area contributed by atoms with E-state index in [1.54, 1.807) is 146 Å². The molecule has 0 fully saturated rings. The Bertz CT molecular complexity index is 2920. The number of carbonyl (C=O) groups is 4. The van der Waals surface area contributed by atoms with E-state index in [2.05, 4.69) is 75.0 Å². The molecule has 16 nitrogen and oxygen atoms in total. The second kappa shape index (κ2) is 50.1. The zero-order valence-corrected chi connectivity index (χ0v) is 55.2. The first kappa shape index (κ1) is 82.1. The van der Waals surface area contributed by atoms with Gasteiger partial charge in [-0.25, -0.2) is 0 Å². The van der Waals surface area contributed by atoms with Gasteiger partial charge in [-0.3, -0.25) is 0 Å². The summed E-state index contributed by atoms with van der Waals surface area (Å²) in [7, 11) is 0. The van der Waals surface area contributed by atoms with Crippen LogP contribution < -0.4 is 40.0 Å². The molecule has 0 saturated heterocycles. The van der Waals surface area contributed by atoms with Gasteiger partial charge in [0.05, 0.1) is 70.4 Å². The number of hydrogen-bond acceptors (Lipinski definition) is 16. The Kier molecular flexibility index (Phi) is 45.7. The molecular weight excluding hydrogens is 1310 g/mol. The van der Waals surface area contributed by atoms with Crippen LogP contribution in [-0.4, -0.2) is 76.2 Å². The van der Waals surface area contributed by atoms with Crippen LogP contribution in [0.3, 0.4) is 0 Å². The van der Waals surface area contributed by atoms with Gasteiger partial charge in [0, 0.05) is 75.1 Å². The summed E-state index contributed by atoms with van der Waals surface area (Å²) in [5.41, 5.74) is 7.92. The summed E-state index contributed by atoms with van der Waals surface area (Å²) >= 11 is 0. The van der Waals surface area contributed by atoms with Gasteiger partial charge < -0.3 is 59.2 Å². The van der Waals surface area contributed by atoms with Gasteiger partial charge in [-0.2, -0.15) is 21.0 Å². The predicted octanol–water partition coefficient (Wildman–Crippen LogP) is 9.81. The van der Waals surface area contributed by atoms with E-state index in [0.717, 1.165) is 75.1 Å². The minimum absolute atomic E-state index is 0. The topological polar surface area (TPSA) is 269 Å². The van der Waals surface area contributed by atoms with E-state index >= 15 is 0 Å². The zero-order valence-electron chi connectivity index (χ0n) is 52.0. The largest absolute Gasteiger partial charge is 2.00 e. The van der Waals surface area contributed by atoms with Crippen LogP contribution in [0.4, 0.5) is 22.7 Å². The summed E-state index contributed by atoms with van der Waals surface area (Å²) in [6, 6.07) is 71.7. The molecule has 0 saturated carbocycles. The standard InChI is InChI=1S/4C11H15NO2.4C7H5N.2Rh/c4*1-3-12(4-2)10-7-5-9(6-8-10)11(13)14;4*8-6-7-4-2-1-3-5-7;;/h4*5-8H,3-4H2,1-2H3,(H,13,14);4*1-5H;;/q;;;;;;;;2*+2/p-4. The van der Waals surface area contributed by atoms with E-state index in [1.807, 2.05) is 97.1 Å². The normalized spacial score (nSPS) is 8.93. The average molecular weight is 1390 g/mol. The van der Waals surface area contributed by atoms with Crippen LogP contribution in [0.5, 0.6) is 0 Å². The van der Waals surface area contributed by atoms with Crippen molar-refractivity contribution in [1.82, 2.24) is 0 Å². The van der Waals surface area contributed by atoms with Crippen LogP contribution in [0.2, 0.25) is 0 Å². The van der Waals surface area contributed by atoms with Gasteiger partial charge in [0.1, 0.15) is 0 Å². The number of benzene rings is 8. The number of nitriles is 4. The summed E-state index contributed by atoms with van der Waals surface area (Å²) in [6.45, 7) is 23.9. The quantitative estimate of drug-likeness (QED) is 0.0814. The molecule has 90 heavy (non-hydrogen) atoms. The molecule has 0 atom stereocenters. The molecule has 0 aliphatic rings. The van der Waals surface area contributed by atoms with Crippen molar-refractivity contribution >= 4 is 46.6 Å². The smallest absolute Gasteiger partial charge is 0.545 e. The van der Waals surface area contributed by atoms with Gasteiger partial charge in [0.2, 0.25) is 0 Å². The summed E-state index contributed by atoms with van der Waals surface area (Å²) < 4.78 is 0. The van der Waals surface area contributed by atoms with Gasteiger partial charge in [0.15, 0.2) is 0 Å². The van der Waals surface area contributed by atoms with Crippen LogP contribution in [0.25, 0.3) is 0 Å². The van der Waals surface area contributed by atoms with E-state index in [1.165, 1.54) is 0 Å². The van der Waals surface area contributed by atoms with Crippen molar-refractivity contribution in [1.29, 1.82) is 21.0 Å². The van der Waals surface area contributed by atoms with Crippen LogP contribution in [0.1, 0.15) is 119 Å². The Morgan fingerprint density at radius 3 is 0.489 bits per heavy atom. The van der Waals surface area contributed by atoms with Crippen LogP contribution in [-0.2, 0) is 39.0 Å². The first-order chi connectivity index (χ1) is 42.5. The minimum atomic E-state index is -1.13. The van der Waals surface area contributed by atoms with Crippen molar-refractivity contribution in [3.05, 3.63) is 263 Å². The van der Waals surface area contributed by atoms with Gasteiger partial charge in [0.25, 0.3) is 0 Å². The van der Waals surface area contributed by atoms with Crippen LogP contribution >= 0.6 is 0 Å². The molecule has 0 aromatic heterocycles. The van der Waals surface area contributed by atoms with Crippen molar-refractivity contribution < 1.29 is 78.6 Å². The number of carbonyl (C=O) groups excluding carboxylic acids is 4. The second-order valence-electron chi connectivity index (χ2n) is 17.9. The molecule has 0 aliphatic heterocycles. The molecule has 0 aliphatic carbocycles. The van der Waals surface area contributed by atoms with Gasteiger partial charge in [-0.05, 0) is 175 Å². The number of carboxylic acids is 4. The van der Waals surface area contributed by atoms with E-state index in [9.17, 15) is 39.6 Å². The molecule has 0 unspecified atom stereocenters. The Morgan fingerprint density at radius 1 is 0.267 bits per heavy atom. The van der Waals surface area contributed by atoms with Crippen molar-refractivity contribution in [2.24, 2.45) is 0 Å². The van der Waals surface area contributed by atoms with E-state index in [-0.39, 0.29) is 61.2 Å². The molecule has 8 aromatic rings. The van der Waals surface area contributed by atoms with Crippen molar-refractivity contribution in [2.75, 3.05) is 72.0 Å². The van der Waals surface area contributed by atoms with E-state index in [4.69, 9.17) is 21.0 Å². The van der Waals surface area contributed by atoms with E-state index < -0.39 is 23.9 Å². The fourth-order valence-corrected chi connectivity index (χ4v) is 7.64. The molecule has 0 bridgehead atoms. The van der Waals surface area contributed by atoms with Gasteiger partial charge in [-0.15, -0.1) is 0 Å². The Hall–Kier alpha value is -9.95. The predicted molar refractivity (Wildman–Crippen MR) is 342 cm³/mol. The summed E-state index contributed by atoms with van der Waals surface area (Å²) in [5.74, 6) is -4.51. The molecule has 2 radical (unpaired) electrons. The monoisotopic (exact) mass is 1390 g/mol.